The maximum atomic E-state index is 9.57. The van der Waals surface area contributed by atoms with Crippen LogP contribution in [0, 0.1) is 5.92 Å². The van der Waals surface area contributed by atoms with Gasteiger partial charge in [-0.2, -0.15) is 0 Å². The molecule has 1 aliphatic carbocycles. The molecule has 1 saturated carbocycles. The van der Waals surface area contributed by atoms with E-state index in [-0.39, 0.29) is 18.3 Å². The summed E-state index contributed by atoms with van der Waals surface area (Å²) in [6.07, 6.45) is 3.42. The van der Waals surface area contributed by atoms with Crippen molar-refractivity contribution in [2.75, 3.05) is 6.61 Å². The number of fused-ring (bicyclic) bond motifs is 3. The summed E-state index contributed by atoms with van der Waals surface area (Å²) in [5, 5.41) is 9.57. The van der Waals surface area contributed by atoms with E-state index in [9.17, 15) is 5.11 Å². The fraction of sp³-hybridized carbons (Fsp3) is 1.00. The van der Waals surface area contributed by atoms with E-state index in [1.54, 1.807) is 0 Å². The molecule has 0 radical (unpaired) electrons. The van der Waals surface area contributed by atoms with Gasteiger partial charge in [0.15, 0.2) is 0 Å². The summed E-state index contributed by atoms with van der Waals surface area (Å²) in [7, 11) is 0. The van der Waals surface area contributed by atoms with Gasteiger partial charge in [-0.15, -0.1) is 0 Å². The molecule has 1 N–H and O–H groups in total. The number of rotatable bonds is 0. The number of aliphatic hydroxyl groups excluding tert-OH is 1. The Labute approximate surface area is 71.7 Å². The van der Waals surface area contributed by atoms with Gasteiger partial charge in [0.2, 0.25) is 0 Å². The van der Waals surface area contributed by atoms with Crippen molar-refractivity contribution in [3.05, 3.63) is 0 Å². The molecule has 3 heteroatoms. The third-order valence-corrected chi connectivity index (χ3v) is 3.43. The average molecular weight is 170 g/mol. The molecule has 3 rings (SSSR count). The van der Waals surface area contributed by atoms with Gasteiger partial charge in [0.05, 0.1) is 24.4 Å². The lowest BCUT2D eigenvalue weighted by Gasteiger charge is -2.14. The van der Waals surface area contributed by atoms with Crippen LogP contribution in [0.5, 0.6) is 0 Å². The maximum Gasteiger partial charge on any atom is 0.0892 e. The minimum atomic E-state index is -0.232. The summed E-state index contributed by atoms with van der Waals surface area (Å²) in [4.78, 5) is 0. The quantitative estimate of drug-likeness (QED) is 0.568. The lowest BCUT2D eigenvalue weighted by atomic mass is 9.98. The van der Waals surface area contributed by atoms with Gasteiger partial charge in [-0.25, -0.2) is 0 Å². The van der Waals surface area contributed by atoms with Crippen LogP contribution >= 0.6 is 0 Å². The predicted octanol–water partition coefficient (Wildman–Crippen LogP) is 0.314. The molecule has 68 valence electrons. The molecule has 3 aliphatic rings. The highest BCUT2D eigenvalue weighted by Crippen LogP contribution is 2.44. The van der Waals surface area contributed by atoms with Crippen LogP contribution in [0.2, 0.25) is 0 Å². The van der Waals surface area contributed by atoms with E-state index >= 15 is 0 Å². The molecule has 2 heterocycles. The summed E-state index contributed by atoms with van der Waals surface area (Å²) in [6.45, 7) is 0.842. The topological polar surface area (TPSA) is 38.7 Å². The highest BCUT2D eigenvalue weighted by atomic mass is 16.6. The Hall–Kier alpha value is -0.120. The van der Waals surface area contributed by atoms with E-state index in [0.717, 1.165) is 25.9 Å². The highest BCUT2D eigenvalue weighted by molar-refractivity contribution is 5.01. The first kappa shape index (κ1) is 7.30. The molecule has 0 aromatic rings. The Morgan fingerprint density at radius 1 is 1.08 bits per heavy atom. The Bertz CT molecular complexity index is 192. The van der Waals surface area contributed by atoms with Gasteiger partial charge < -0.3 is 14.6 Å². The van der Waals surface area contributed by atoms with Gasteiger partial charge in [-0.3, -0.25) is 0 Å². The van der Waals surface area contributed by atoms with E-state index in [2.05, 4.69) is 0 Å². The fourth-order valence-electron chi connectivity index (χ4n) is 2.86. The molecular weight excluding hydrogens is 156 g/mol. The summed E-state index contributed by atoms with van der Waals surface area (Å²) in [6, 6.07) is 0. The van der Waals surface area contributed by atoms with Crippen molar-refractivity contribution in [3.8, 4) is 0 Å². The van der Waals surface area contributed by atoms with Crippen LogP contribution in [0.3, 0.4) is 0 Å². The van der Waals surface area contributed by atoms with E-state index in [1.165, 1.54) is 0 Å². The molecule has 2 saturated heterocycles. The second-order valence-corrected chi connectivity index (χ2v) is 4.07. The molecule has 12 heavy (non-hydrogen) atoms. The van der Waals surface area contributed by atoms with E-state index < -0.39 is 0 Å². The van der Waals surface area contributed by atoms with Crippen molar-refractivity contribution in [2.24, 2.45) is 5.92 Å². The highest BCUT2D eigenvalue weighted by Gasteiger charge is 2.52. The summed E-state index contributed by atoms with van der Waals surface area (Å²) in [5.74, 6) is 0.479. The molecule has 0 aromatic heterocycles. The smallest absolute Gasteiger partial charge is 0.0892 e. The first-order valence-electron chi connectivity index (χ1n) is 4.81. The van der Waals surface area contributed by atoms with Crippen molar-refractivity contribution < 1.29 is 14.6 Å². The van der Waals surface area contributed by atoms with Crippen LogP contribution in [0.1, 0.15) is 19.3 Å². The minimum absolute atomic E-state index is 0.0836. The molecule has 0 amide bonds. The Kier molecular flexibility index (Phi) is 1.48. The third kappa shape index (κ3) is 0.817. The third-order valence-electron chi connectivity index (χ3n) is 3.43. The van der Waals surface area contributed by atoms with Gasteiger partial charge in [-0.1, -0.05) is 0 Å². The summed E-state index contributed by atoms with van der Waals surface area (Å²) < 4.78 is 11.3. The second kappa shape index (κ2) is 2.44. The number of hydrogen-bond donors (Lipinski definition) is 1. The predicted molar refractivity (Wildman–Crippen MR) is 41.7 cm³/mol. The standard InChI is InChI=1S/C9H14O3/c10-6-2-1-5-8(6)12-7-3-4-11-9(5)7/h5-10H,1-4H2/t5-,6+,7+,8-,9+/m1/s1. The summed E-state index contributed by atoms with van der Waals surface area (Å²) in [5.41, 5.74) is 0. The normalized spacial score (nSPS) is 57.2. The Morgan fingerprint density at radius 3 is 2.92 bits per heavy atom. The van der Waals surface area contributed by atoms with E-state index in [0.29, 0.717) is 12.0 Å². The lowest BCUT2D eigenvalue weighted by Crippen LogP contribution is -2.26. The van der Waals surface area contributed by atoms with Gasteiger partial charge in [0.1, 0.15) is 0 Å². The zero-order chi connectivity index (χ0) is 8.13. The van der Waals surface area contributed by atoms with Crippen molar-refractivity contribution in [1.82, 2.24) is 0 Å². The Balaban J connectivity index is 1.83. The molecule has 0 unspecified atom stereocenters. The maximum absolute atomic E-state index is 9.57. The Morgan fingerprint density at radius 2 is 2.00 bits per heavy atom. The zero-order valence-electron chi connectivity index (χ0n) is 6.98. The van der Waals surface area contributed by atoms with Gasteiger partial charge in [0, 0.05) is 12.5 Å². The zero-order valence-corrected chi connectivity index (χ0v) is 6.98. The molecule has 2 aliphatic heterocycles. The number of hydrogen-bond acceptors (Lipinski definition) is 3. The van der Waals surface area contributed by atoms with Crippen LogP contribution in [-0.4, -0.2) is 36.1 Å². The summed E-state index contributed by atoms with van der Waals surface area (Å²) >= 11 is 0. The minimum Gasteiger partial charge on any atom is -0.390 e. The van der Waals surface area contributed by atoms with E-state index in [4.69, 9.17) is 9.47 Å². The SMILES string of the molecule is O[C@H]1CC[C@@H]2[C@H]1O[C@H]1CCO[C@@H]21. The lowest BCUT2D eigenvalue weighted by molar-refractivity contribution is -0.0270. The second-order valence-electron chi connectivity index (χ2n) is 4.07. The average Bonchev–Trinajstić information content (AvgIpc) is 2.63. The molecule has 5 atom stereocenters. The molecule has 3 nitrogen and oxygen atoms in total. The van der Waals surface area contributed by atoms with Crippen LogP contribution in [0.4, 0.5) is 0 Å². The molecule has 3 fully saturated rings. The van der Waals surface area contributed by atoms with Crippen LogP contribution in [-0.2, 0) is 9.47 Å². The van der Waals surface area contributed by atoms with Crippen molar-refractivity contribution in [2.45, 2.75) is 43.7 Å². The number of ether oxygens (including phenoxy) is 2. The van der Waals surface area contributed by atoms with Gasteiger partial charge >= 0.3 is 0 Å². The van der Waals surface area contributed by atoms with Gasteiger partial charge in [0.25, 0.3) is 0 Å². The van der Waals surface area contributed by atoms with Gasteiger partial charge in [-0.05, 0) is 19.3 Å². The van der Waals surface area contributed by atoms with Crippen LogP contribution in [0.25, 0.3) is 0 Å². The molecule has 0 bridgehead atoms. The monoisotopic (exact) mass is 170 g/mol. The van der Waals surface area contributed by atoms with E-state index in [1.807, 2.05) is 0 Å². The van der Waals surface area contributed by atoms with Crippen molar-refractivity contribution in [3.63, 3.8) is 0 Å². The molecule has 0 spiro atoms. The fourth-order valence-corrected chi connectivity index (χ4v) is 2.86. The van der Waals surface area contributed by atoms with Crippen molar-refractivity contribution in [1.29, 1.82) is 0 Å². The first-order chi connectivity index (χ1) is 5.86. The van der Waals surface area contributed by atoms with Crippen molar-refractivity contribution >= 4 is 0 Å². The first-order valence-corrected chi connectivity index (χ1v) is 4.81. The molecule has 0 aromatic carbocycles. The van der Waals surface area contributed by atoms with Crippen LogP contribution < -0.4 is 0 Å². The molecular formula is C9H14O3. The van der Waals surface area contributed by atoms with Crippen LogP contribution in [0.15, 0.2) is 0 Å². The number of aliphatic hydroxyl groups is 1. The largest absolute Gasteiger partial charge is 0.390 e.